The molecule has 0 radical (unpaired) electrons. The summed E-state index contributed by atoms with van der Waals surface area (Å²) in [5, 5.41) is 5.77. The van der Waals surface area contributed by atoms with Gasteiger partial charge in [0.05, 0.1) is 11.5 Å². The second kappa shape index (κ2) is 9.94. The van der Waals surface area contributed by atoms with Crippen LogP contribution >= 0.6 is 0 Å². The molecule has 0 spiro atoms. The number of anilines is 1. The van der Waals surface area contributed by atoms with E-state index in [1.54, 1.807) is 36.4 Å². The zero-order valence-corrected chi connectivity index (χ0v) is 16.3. The molecule has 3 N–H and O–H groups in total. The van der Waals surface area contributed by atoms with E-state index in [-0.39, 0.29) is 10.8 Å². The Balaban J connectivity index is 2.08. The van der Waals surface area contributed by atoms with Gasteiger partial charge in [0.25, 0.3) is 15.9 Å². The van der Waals surface area contributed by atoms with Crippen LogP contribution in [0.3, 0.4) is 0 Å². The van der Waals surface area contributed by atoms with E-state index >= 15 is 0 Å². The Hall–Kier alpha value is -2.58. The highest BCUT2D eigenvalue weighted by Gasteiger charge is 2.16. The Morgan fingerprint density at radius 2 is 1.81 bits per heavy atom. The molecule has 0 saturated carbocycles. The van der Waals surface area contributed by atoms with Crippen molar-refractivity contribution < 1.29 is 17.9 Å². The lowest BCUT2D eigenvalue weighted by Gasteiger charge is -2.10. The third-order valence-corrected chi connectivity index (χ3v) is 5.09. The highest BCUT2D eigenvalue weighted by Crippen LogP contribution is 2.20. The Labute approximate surface area is 160 Å². The molecule has 0 fully saturated rings. The number of benzene rings is 2. The van der Waals surface area contributed by atoms with Crippen molar-refractivity contribution in [2.45, 2.75) is 18.2 Å². The Bertz CT molecular complexity index is 852. The van der Waals surface area contributed by atoms with Gasteiger partial charge in [0, 0.05) is 17.8 Å². The average Bonchev–Trinajstić information content (AvgIpc) is 2.67. The molecule has 0 bridgehead atoms. The monoisotopic (exact) mass is 391 g/mol. The number of carbonyl (C=O) groups is 1. The van der Waals surface area contributed by atoms with E-state index in [4.69, 9.17) is 4.74 Å². The smallest absolute Gasteiger partial charge is 0.261 e. The van der Waals surface area contributed by atoms with Gasteiger partial charge in [0.15, 0.2) is 0 Å². The zero-order chi connectivity index (χ0) is 19.7. The van der Waals surface area contributed by atoms with Crippen LogP contribution in [0.4, 0.5) is 5.69 Å². The summed E-state index contributed by atoms with van der Waals surface area (Å²) in [5.74, 6) is 0.363. The molecule has 7 nitrogen and oxygen atoms in total. The maximum atomic E-state index is 12.6. The van der Waals surface area contributed by atoms with Gasteiger partial charge in [-0.15, -0.1) is 0 Å². The molecular weight excluding hydrogens is 366 g/mol. The van der Waals surface area contributed by atoms with E-state index in [9.17, 15) is 13.2 Å². The molecule has 0 aliphatic rings. The van der Waals surface area contributed by atoms with Crippen molar-refractivity contribution in [2.75, 3.05) is 31.5 Å². The molecule has 0 aromatic heterocycles. The van der Waals surface area contributed by atoms with Crippen molar-refractivity contribution in [2.24, 2.45) is 0 Å². The molecule has 0 aliphatic carbocycles. The van der Waals surface area contributed by atoms with Gasteiger partial charge in [0.1, 0.15) is 5.75 Å². The fourth-order valence-corrected chi connectivity index (χ4v) is 3.48. The van der Waals surface area contributed by atoms with Gasteiger partial charge in [-0.05, 0) is 69.4 Å². The standard InChI is InChI=1S/C19H25N3O4S/c1-3-26-17-10-8-16(9-11-17)22-27(24,25)18-7-4-6-15(14-18)19(23)21-13-5-12-20-2/h4,6-11,14,20,22H,3,5,12-13H2,1-2H3,(H,21,23). The quantitative estimate of drug-likeness (QED) is 0.540. The van der Waals surface area contributed by atoms with Crippen LogP contribution in [0, 0.1) is 0 Å². The predicted octanol–water partition coefficient (Wildman–Crippen LogP) is 2.23. The first-order valence-corrected chi connectivity index (χ1v) is 10.2. The summed E-state index contributed by atoms with van der Waals surface area (Å²) in [6.07, 6.45) is 0.791. The first kappa shape index (κ1) is 20.7. The van der Waals surface area contributed by atoms with Crippen molar-refractivity contribution >= 4 is 21.6 Å². The van der Waals surface area contributed by atoms with Crippen LogP contribution in [0.25, 0.3) is 0 Å². The number of ether oxygens (including phenoxy) is 1. The Kier molecular flexibility index (Phi) is 7.63. The summed E-state index contributed by atoms with van der Waals surface area (Å²) < 4.78 is 33.1. The topological polar surface area (TPSA) is 96.5 Å². The molecule has 2 aromatic carbocycles. The molecular formula is C19H25N3O4S. The van der Waals surface area contributed by atoms with E-state index < -0.39 is 10.0 Å². The molecule has 0 saturated heterocycles. The van der Waals surface area contributed by atoms with Gasteiger partial charge in [0.2, 0.25) is 0 Å². The molecule has 27 heavy (non-hydrogen) atoms. The van der Waals surface area contributed by atoms with Crippen molar-refractivity contribution in [3.63, 3.8) is 0 Å². The highest BCUT2D eigenvalue weighted by molar-refractivity contribution is 7.92. The number of amides is 1. The van der Waals surface area contributed by atoms with Crippen LogP contribution < -0.4 is 20.1 Å². The summed E-state index contributed by atoms with van der Waals surface area (Å²) in [5.41, 5.74) is 0.717. The predicted molar refractivity (Wildman–Crippen MR) is 106 cm³/mol. The van der Waals surface area contributed by atoms with Crippen LogP contribution in [-0.2, 0) is 10.0 Å². The number of hydrogen-bond donors (Lipinski definition) is 3. The van der Waals surface area contributed by atoms with Gasteiger partial charge in [-0.3, -0.25) is 9.52 Å². The molecule has 2 aromatic rings. The largest absolute Gasteiger partial charge is 0.494 e. The third kappa shape index (κ3) is 6.26. The molecule has 0 aliphatic heterocycles. The van der Waals surface area contributed by atoms with Crippen LogP contribution in [0.1, 0.15) is 23.7 Å². The first-order chi connectivity index (χ1) is 13.0. The Morgan fingerprint density at radius 1 is 1.07 bits per heavy atom. The minimum Gasteiger partial charge on any atom is -0.494 e. The lowest BCUT2D eigenvalue weighted by Crippen LogP contribution is -2.26. The molecule has 0 unspecified atom stereocenters. The molecule has 0 heterocycles. The highest BCUT2D eigenvalue weighted by atomic mass is 32.2. The van der Waals surface area contributed by atoms with Crippen LogP contribution in [0.15, 0.2) is 53.4 Å². The van der Waals surface area contributed by atoms with Crippen molar-refractivity contribution in [1.82, 2.24) is 10.6 Å². The van der Waals surface area contributed by atoms with Gasteiger partial charge in [-0.1, -0.05) is 6.07 Å². The number of nitrogens with one attached hydrogen (secondary N) is 3. The summed E-state index contributed by atoms with van der Waals surface area (Å²) in [6.45, 7) is 3.72. The van der Waals surface area contributed by atoms with Gasteiger partial charge in [-0.2, -0.15) is 0 Å². The van der Waals surface area contributed by atoms with Gasteiger partial charge >= 0.3 is 0 Å². The lowest BCUT2D eigenvalue weighted by atomic mass is 10.2. The van der Waals surface area contributed by atoms with Crippen molar-refractivity contribution in [1.29, 1.82) is 0 Å². The lowest BCUT2D eigenvalue weighted by molar-refractivity contribution is 0.0953. The summed E-state index contributed by atoms with van der Waals surface area (Å²) in [4.78, 5) is 12.2. The number of hydrogen-bond acceptors (Lipinski definition) is 5. The SMILES string of the molecule is CCOc1ccc(NS(=O)(=O)c2cccc(C(=O)NCCCNC)c2)cc1. The average molecular weight is 391 g/mol. The van der Waals surface area contributed by atoms with E-state index in [0.717, 1.165) is 13.0 Å². The summed E-state index contributed by atoms with van der Waals surface area (Å²) in [6, 6.07) is 12.6. The zero-order valence-electron chi connectivity index (χ0n) is 15.5. The van der Waals surface area contributed by atoms with Gasteiger partial charge in [-0.25, -0.2) is 8.42 Å². The third-order valence-electron chi connectivity index (χ3n) is 3.71. The number of rotatable bonds is 10. The maximum absolute atomic E-state index is 12.6. The normalized spacial score (nSPS) is 11.0. The fourth-order valence-electron chi connectivity index (χ4n) is 2.37. The Morgan fingerprint density at radius 3 is 2.48 bits per heavy atom. The number of sulfonamides is 1. The van der Waals surface area contributed by atoms with E-state index in [1.165, 1.54) is 12.1 Å². The van der Waals surface area contributed by atoms with Crippen LogP contribution in [0.5, 0.6) is 5.75 Å². The van der Waals surface area contributed by atoms with E-state index in [1.807, 2.05) is 14.0 Å². The minimum atomic E-state index is -3.80. The first-order valence-electron chi connectivity index (χ1n) is 8.75. The second-order valence-electron chi connectivity index (χ2n) is 5.80. The van der Waals surface area contributed by atoms with Crippen molar-refractivity contribution in [3.8, 4) is 5.75 Å². The second-order valence-corrected chi connectivity index (χ2v) is 7.49. The molecule has 8 heteroatoms. The summed E-state index contributed by atoms with van der Waals surface area (Å²) in [7, 11) is -1.96. The van der Waals surface area contributed by atoms with Crippen molar-refractivity contribution in [3.05, 3.63) is 54.1 Å². The van der Waals surface area contributed by atoms with Crippen LogP contribution in [-0.4, -0.2) is 41.1 Å². The molecule has 0 atom stereocenters. The maximum Gasteiger partial charge on any atom is 0.261 e. The summed E-state index contributed by atoms with van der Waals surface area (Å²) >= 11 is 0. The minimum absolute atomic E-state index is 0.0271. The fraction of sp³-hybridized carbons (Fsp3) is 0.316. The van der Waals surface area contributed by atoms with E-state index in [0.29, 0.717) is 30.2 Å². The number of carbonyl (C=O) groups excluding carboxylic acids is 1. The molecule has 1 amide bonds. The molecule has 2 rings (SSSR count). The molecule has 146 valence electrons. The van der Waals surface area contributed by atoms with Gasteiger partial charge < -0.3 is 15.4 Å². The van der Waals surface area contributed by atoms with E-state index in [2.05, 4.69) is 15.4 Å². The van der Waals surface area contributed by atoms with Crippen LogP contribution in [0.2, 0.25) is 0 Å².